The fourth-order valence-corrected chi connectivity index (χ4v) is 2.06. The van der Waals surface area contributed by atoms with Gasteiger partial charge in [0, 0.05) is 18.1 Å². The number of nitrogens with zero attached hydrogens (tertiary/aromatic N) is 2. The van der Waals surface area contributed by atoms with E-state index in [4.69, 9.17) is 10.8 Å². The molecule has 0 bridgehead atoms. The van der Waals surface area contributed by atoms with Crippen molar-refractivity contribution in [3.63, 3.8) is 0 Å². The van der Waals surface area contributed by atoms with Crippen LogP contribution in [-0.2, 0) is 17.9 Å². The number of halogens is 1. The maximum Gasteiger partial charge on any atom is 0.293 e. The summed E-state index contributed by atoms with van der Waals surface area (Å²) in [6.07, 6.45) is 1.26. The molecular formula is C16H20BrN3O2. The van der Waals surface area contributed by atoms with E-state index in [0.29, 0.717) is 18.8 Å². The van der Waals surface area contributed by atoms with E-state index in [1.165, 1.54) is 0 Å². The van der Waals surface area contributed by atoms with E-state index in [9.17, 15) is 4.79 Å². The monoisotopic (exact) mass is 365 g/mol. The summed E-state index contributed by atoms with van der Waals surface area (Å²) in [6, 6.07) is 11.3. The topological polar surface area (TPSA) is 80.1 Å². The molecule has 0 atom stereocenters. The summed E-state index contributed by atoms with van der Waals surface area (Å²) in [5.41, 5.74) is 8.56. The molecular weight excluding hydrogens is 346 g/mol. The number of hydrogen-bond acceptors (Lipinski definition) is 4. The van der Waals surface area contributed by atoms with Crippen molar-refractivity contribution in [3.8, 4) is 11.3 Å². The number of rotatable bonds is 6. The van der Waals surface area contributed by atoms with Gasteiger partial charge in [-0.05, 0) is 25.0 Å². The molecule has 1 aromatic heterocycles. The average molecular weight is 366 g/mol. The van der Waals surface area contributed by atoms with Crippen molar-refractivity contribution in [2.75, 3.05) is 5.73 Å². The Kier molecular flexibility index (Phi) is 7.14. The summed E-state index contributed by atoms with van der Waals surface area (Å²) in [5.74, 6) is 0.749. The van der Waals surface area contributed by atoms with Gasteiger partial charge in [-0.25, -0.2) is 0 Å². The van der Waals surface area contributed by atoms with Gasteiger partial charge in [-0.15, -0.1) is 4.68 Å². The van der Waals surface area contributed by atoms with Crippen LogP contribution in [0.3, 0.4) is 0 Å². The number of aromatic nitrogens is 2. The number of carbonyl (C=O) groups excluding carboxylic acids is 1. The lowest BCUT2D eigenvalue weighted by Crippen LogP contribution is -3.00. The molecule has 0 saturated carbocycles. The maximum atomic E-state index is 11.0. The van der Waals surface area contributed by atoms with E-state index in [1.54, 1.807) is 11.6 Å². The molecule has 0 saturated heterocycles. The predicted octanol–water partition coefficient (Wildman–Crippen LogP) is -1.52. The molecule has 2 rings (SSSR count). The van der Waals surface area contributed by atoms with Crippen LogP contribution in [0.2, 0.25) is 0 Å². The average Bonchev–Trinajstić information content (AvgIpc) is 2.49. The Morgan fingerprint density at radius 1 is 1.23 bits per heavy atom. The van der Waals surface area contributed by atoms with Crippen molar-refractivity contribution in [2.45, 2.75) is 32.9 Å². The van der Waals surface area contributed by atoms with Crippen molar-refractivity contribution < 1.29 is 31.6 Å². The molecule has 0 aliphatic rings. The summed E-state index contributed by atoms with van der Waals surface area (Å²) in [6.45, 7) is 2.23. The van der Waals surface area contributed by atoms with Crippen molar-refractivity contribution >= 4 is 11.6 Å². The molecule has 5 nitrogen and oxygen atoms in total. The molecule has 0 spiro atoms. The first-order chi connectivity index (χ1) is 10.1. The zero-order chi connectivity index (χ0) is 15.2. The summed E-state index contributed by atoms with van der Waals surface area (Å²) in [7, 11) is 0. The quantitative estimate of drug-likeness (QED) is 0.609. The number of nitrogens with two attached hydrogens (primary N) is 1. The minimum absolute atomic E-state index is 0. The normalized spacial score (nSPS) is 10.1. The highest BCUT2D eigenvalue weighted by molar-refractivity contribution is 5.75. The van der Waals surface area contributed by atoms with E-state index in [1.807, 2.05) is 36.4 Å². The van der Waals surface area contributed by atoms with E-state index >= 15 is 0 Å². The Hall–Kier alpha value is -1.79. The first-order valence-corrected chi connectivity index (χ1v) is 6.96. The van der Waals surface area contributed by atoms with Gasteiger partial charge in [0.15, 0.2) is 0 Å². The molecule has 3 N–H and O–H groups in total. The molecule has 0 aliphatic heterocycles. The third-order valence-electron chi connectivity index (χ3n) is 3.27. The first-order valence-electron chi connectivity index (χ1n) is 6.96. The van der Waals surface area contributed by atoms with Gasteiger partial charge in [-0.1, -0.05) is 29.4 Å². The maximum absolute atomic E-state index is 11.0. The number of aryl methyl sites for hydroxylation is 1. The lowest BCUT2D eigenvalue weighted by Gasteiger charge is -2.05. The molecule has 118 valence electrons. The van der Waals surface area contributed by atoms with Crippen LogP contribution in [0.1, 0.15) is 25.3 Å². The third-order valence-corrected chi connectivity index (χ3v) is 3.27. The number of hydrogen-bond donors (Lipinski definition) is 2. The molecule has 1 aromatic carbocycles. The third kappa shape index (κ3) is 4.89. The van der Waals surface area contributed by atoms with Gasteiger partial charge in [-0.3, -0.25) is 5.73 Å². The van der Waals surface area contributed by atoms with Crippen molar-refractivity contribution in [2.24, 2.45) is 0 Å². The van der Waals surface area contributed by atoms with E-state index in [0.717, 1.165) is 23.2 Å². The summed E-state index contributed by atoms with van der Waals surface area (Å²) in [4.78, 5) is 11.0. The molecule has 0 aliphatic carbocycles. The van der Waals surface area contributed by atoms with Crippen molar-refractivity contribution in [1.29, 1.82) is 0 Å². The van der Waals surface area contributed by atoms with E-state index < -0.39 is 0 Å². The lowest BCUT2D eigenvalue weighted by molar-refractivity contribution is -0.739. The van der Waals surface area contributed by atoms with Crippen LogP contribution >= 0.6 is 0 Å². The lowest BCUT2D eigenvalue weighted by atomic mass is 10.1. The number of aliphatic hydroxyl groups is 1. The molecule has 0 unspecified atom stereocenters. The van der Waals surface area contributed by atoms with Crippen LogP contribution in [0.4, 0.5) is 5.82 Å². The Labute approximate surface area is 140 Å². The van der Waals surface area contributed by atoms with Gasteiger partial charge < -0.3 is 26.9 Å². The largest absolute Gasteiger partial charge is 1.00 e. The Bertz CT molecular complexity index is 630. The SMILES string of the molecule is CC(=O)CCC[n+]1nc(-c2ccc(CO)cc2)ccc1N.[Br-]. The van der Waals surface area contributed by atoms with E-state index in [-0.39, 0.29) is 29.4 Å². The van der Waals surface area contributed by atoms with Gasteiger partial charge in [-0.2, -0.15) is 0 Å². The van der Waals surface area contributed by atoms with Crippen LogP contribution in [0.15, 0.2) is 36.4 Å². The fourth-order valence-electron chi connectivity index (χ4n) is 2.06. The Balaban J connectivity index is 0.00000242. The van der Waals surface area contributed by atoms with E-state index in [2.05, 4.69) is 5.10 Å². The standard InChI is InChI=1S/C16H19N3O2.BrH/c1-12(21)3-2-10-19-16(17)9-8-15(18-19)14-6-4-13(11-20)5-7-14;/h4-9,17,20H,2-3,10-11H2,1H3;1H. The molecule has 0 amide bonds. The highest BCUT2D eigenvalue weighted by Crippen LogP contribution is 2.17. The number of carbonyl (C=O) groups is 1. The molecule has 0 fully saturated rings. The van der Waals surface area contributed by atoms with Crippen LogP contribution in [0.25, 0.3) is 11.3 Å². The number of Topliss-reactive ketones (excluding diaryl/α,β-unsaturated/α-hetero) is 1. The van der Waals surface area contributed by atoms with Crippen LogP contribution in [0, 0.1) is 0 Å². The summed E-state index contributed by atoms with van der Waals surface area (Å²) in [5, 5.41) is 13.6. The van der Waals surface area contributed by atoms with Gasteiger partial charge in [0.05, 0.1) is 6.61 Å². The minimum atomic E-state index is 0. The second kappa shape index (κ2) is 8.60. The van der Waals surface area contributed by atoms with Gasteiger partial charge in [0.2, 0.25) is 0 Å². The molecule has 6 heteroatoms. The number of nitrogen functional groups attached to an aromatic ring is 1. The minimum Gasteiger partial charge on any atom is -1.00 e. The van der Waals surface area contributed by atoms with Gasteiger partial charge in [0.1, 0.15) is 18.0 Å². The zero-order valence-corrected chi connectivity index (χ0v) is 14.1. The fraction of sp³-hybridized carbons (Fsp3) is 0.312. The summed E-state index contributed by atoms with van der Waals surface area (Å²) >= 11 is 0. The zero-order valence-electron chi connectivity index (χ0n) is 12.5. The predicted molar refractivity (Wildman–Crippen MR) is 80.1 cm³/mol. The second-order valence-corrected chi connectivity index (χ2v) is 5.03. The number of anilines is 1. The van der Waals surface area contributed by atoms with Crippen LogP contribution in [-0.4, -0.2) is 16.0 Å². The number of benzene rings is 1. The first kappa shape index (κ1) is 18.3. The molecule has 22 heavy (non-hydrogen) atoms. The summed E-state index contributed by atoms with van der Waals surface area (Å²) < 4.78 is 1.72. The highest BCUT2D eigenvalue weighted by atomic mass is 79.9. The molecule has 2 aromatic rings. The van der Waals surface area contributed by atoms with Crippen molar-refractivity contribution in [1.82, 2.24) is 5.10 Å². The van der Waals surface area contributed by atoms with Crippen molar-refractivity contribution in [3.05, 3.63) is 42.0 Å². The Morgan fingerprint density at radius 2 is 1.91 bits per heavy atom. The molecule has 0 radical (unpaired) electrons. The second-order valence-electron chi connectivity index (χ2n) is 5.03. The Morgan fingerprint density at radius 3 is 2.50 bits per heavy atom. The van der Waals surface area contributed by atoms with Gasteiger partial charge >= 0.3 is 0 Å². The van der Waals surface area contributed by atoms with Gasteiger partial charge in [0.25, 0.3) is 5.82 Å². The van der Waals surface area contributed by atoms with Crippen LogP contribution < -0.4 is 27.4 Å². The highest BCUT2D eigenvalue weighted by Gasteiger charge is 2.10. The smallest absolute Gasteiger partial charge is 0.293 e. The number of ketones is 1. The number of aliphatic hydroxyl groups excluding tert-OH is 1. The van der Waals surface area contributed by atoms with Crippen LogP contribution in [0.5, 0.6) is 0 Å². The molecule has 1 heterocycles.